The van der Waals surface area contributed by atoms with Crippen molar-refractivity contribution in [1.29, 1.82) is 0 Å². The van der Waals surface area contributed by atoms with Crippen molar-refractivity contribution in [3.63, 3.8) is 0 Å². The van der Waals surface area contributed by atoms with E-state index in [1.54, 1.807) is 7.11 Å². The number of piperazine rings is 1. The van der Waals surface area contributed by atoms with Crippen molar-refractivity contribution in [2.24, 2.45) is 0 Å². The minimum absolute atomic E-state index is 0. The van der Waals surface area contributed by atoms with Gasteiger partial charge in [0, 0.05) is 44.4 Å². The molecule has 108 valence electrons. The second kappa shape index (κ2) is 8.38. The largest absolute Gasteiger partial charge is 0.496 e. The number of aliphatic hydroxyl groups excluding tert-OH is 1. The molecule has 0 saturated carbocycles. The van der Waals surface area contributed by atoms with Gasteiger partial charge in [-0.25, -0.2) is 0 Å². The molecule has 2 rings (SSSR count). The minimum Gasteiger partial charge on any atom is -0.496 e. The van der Waals surface area contributed by atoms with Gasteiger partial charge in [-0.1, -0.05) is 18.2 Å². The first-order chi connectivity index (χ1) is 8.86. The number of benzene rings is 1. The lowest BCUT2D eigenvalue weighted by Crippen LogP contribution is -2.45. The van der Waals surface area contributed by atoms with Crippen molar-refractivity contribution < 1.29 is 9.84 Å². The molecule has 0 amide bonds. The maximum Gasteiger partial charge on any atom is 0.123 e. The molecular formula is C14H23ClN2O2. The summed E-state index contributed by atoms with van der Waals surface area (Å²) in [6.45, 7) is 4.26. The molecule has 19 heavy (non-hydrogen) atoms. The Bertz CT molecular complexity index is 370. The fraction of sp³-hybridized carbons (Fsp3) is 0.571. The molecule has 1 aliphatic rings. The molecule has 1 heterocycles. The Labute approximate surface area is 121 Å². The first kappa shape index (κ1) is 16.2. The van der Waals surface area contributed by atoms with E-state index in [-0.39, 0.29) is 25.1 Å². The number of ether oxygens (including phenoxy) is 1. The third-order valence-electron chi connectivity index (χ3n) is 3.49. The Morgan fingerprint density at radius 3 is 2.63 bits per heavy atom. The molecule has 0 unspecified atom stereocenters. The van der Waals surface area contributed by atoms with Crippen molar-refractivity contribution in [2.45, 2.75) is 12.5 Å². The molecule has 1 aromatic rings. The SMILES string of the molecule is COc1ccccc1[C@H](CCO)N1CCNCC1.Cl. The number of hydrogen-bond donors (Lipinski definition) is 2. The van der Waals surface area contributed by atoms with Crippen LogP contribution in [-0.2, 0) is 0 Å². The summed E-state index contributed by atoms with van der Waals surface area (Å²) < 4.78 is 5.44. The normalized spacial score (nSPS) is 17.6. The van der Waals surface area contributed by atoms with Crippen LogP contribution in [0, 0.1) is 0 Å². The zero-order valence-corrected chi connectivity index (χ0v) is 12.2. The van der Waals surface area contributed by atoms with Crippen LogP contribution in [0.25, 0.3) is 0 Å². The highest BCUT2D eigenvalue weighted by Crippen LogP contribution is 2.31. The van der Waals surface area contributed by atoms with Gasteiger partial charge in [0.25, 0.3) is 0 Å². The van der Waals surface area contributed by atoms with Crippen LogP contribution >= 0.6 is 12.4 Å². The highest BCUT2D eigenvalue weighted by molar-refractivity contribution is 5.85. The average molecular weight is 287 g/mol. The highest BCUT2D eigenvalue weighted by atomic mass is 35.5. The fourth-order valence-electron chi connectivity index (χ4n) is 2.59. The summed E-state index contributed by atoms with van der Waals surface area (Å²) in [4.78, 5) is 2.42. The minimum atomic E-state index is 0. The topological polar surface area (TPSA) is 44.7 Å². The number of methoxy groups -OCH3 is 1. The maximum absolute atomic E-state index is 9.31. The fourth-order valence-corrected chi connectivity index (χ4v) is 2.59. The Balaban J connectivity index is 0.00000180. The summed E-state index contributed by atoms with van der Waals surface area (Å²) in [5.74, 6) is 0.912. The number of hydrogen-bond acceptors (Lipinski definition) is 4. The van der Waals surface area contributed by atoms with Crippen LogP contribution in [-0.4, -0.2) is 49.9 Å². The van der Waals surface area contributed by atoms with Crippen molar-refractivity contribution in [3.8, 4) is 5.75 Å². The lowest BCUT2D eigenvalue weighted by atomic mass is 10.0. The van der Waals surface area contributed by atoms with E-state index in [9.17, 15) is 5.11 Å². The molecule has 0 spiro atoms. The summed E-state index contributed by atoms with van der Waals surface area (Å²) in [5, 5.41) is 12.7. The van der Waals surface area contributed by atoms with Crippen LogP contribution in [0.5, 0.6) is 5.75 Å². The number of aliphatic hydroxyl groups is 1. The molecule has 0 aromatic heterocycles. The Hall–Kier alpha value is -0.810. The zero-order chi connectivity index (χ0) is 12.8. The summed E-state index contributed by atoms with van der Waals surface area (Å²) in [6, 6.07) is 8.34. The summed E-state index contributed by atoms with van der Waals surface area (Å²) in [7, 11) is 1.70. The molecule has 5 heteroatoms. The maximum atomic E-state index is 9.31. The summed E-state index contributed by atoms with van der Waals surface area (Å²) in [6.07, 6.45) is 0.750. The smallest absolute Gasteiger partial charge is 0.123 e. The van der Waals surface area contributed by atoms with Gasteiger partial charge in [0.1, 0.15) is 5.75 Å². The third kappa shape index (κ3) is 4.08. The van der Waals surface area contributed by atoms with Gasteiger partial charge in [-0.2, -0.15) is 0 Å². The van der Waals surface area contributed by atoms with Gasteiger partial charge in [-0.05, 0) is 12.5 Å². The number of halogens is 1. The van der Waals surface area contributed by atoms with Gasteiger partial charge in [-0.3, -0.25) is 4.90 Å². The van der Waals surface area contributed by atoms with E-state index in [1.165, 1.54) is 5.56 Å². The van der Waals surface area contributed by atoms with Crippen molar-refractivity contribution >= 4 is 12.4 Å². The molecule has 1 saturated heterocycles. The van der Waals surface area contributed by atoms with E-state index in [2.05, 4.69) is 16.3 Å². The van der Waals surface area contributed by atoms with E-state index >= 15 is 0 Å². The third-order valence-corrected chi connectivity index (χ3v) is 3.49. The molecular weight excluding hydrogens is 264 g/mol. The van der Waals surface area contributed by atoms with Gasteiger partial charge >= 0.3 is 0 Å². The first-order valence-electron chi connectivity index (χ1n) is 6.55. The summed E-state index contributed by atoms with van der Waals surface area (Å²) in [5.41, 5.74) is 1.18. The molecule has 4 nitrogen and oxygen atoms in total. The second-order valence-corrected chi connectivity index (χ2v) is 4.56. The van der Waals surface area contributed by atoms with Crippen molar-refractivity contribution in [3.05, 3.63) is 29.8 Å². The van der Waals surface area contributed by atoms with Gasteiger partial charge in [-0.15, -0.1) is 12.4 Å². The predicted octanol–water partition coefficient (Wildman–Crippen LogP) is 1.45. The van der Waals surface area contributed by atoms with Gasteiger partial charge < -0.3 is 15.2 Å². The van der Waals surface area contributed by atoms with Gasteiger partial charge in [0.2, 0.25) is 0 Å². The lowest BCUT2D eigenvalue weighted by Gasteiger charge is -2.35. The van der Waals surface area contributed by atoms with Crippen molar-refractivity contribution in [2.75, 3.05) is 39.9 Å². The quantitative estimate of drug-likeness (QED) is 0.860. The highest BCUT2D eigenvalue weighted by Gasteiger charge is 2.23. The average Bonchev–Trinajstić information content (AvgIpc) is 2.46. The van der Waals surface area contributed by atoms with E-state index in [0.29, 0.717) is 0 Å². The van der Waals surface area contributed by atoms with Crippen LogP contribution in [0.4, 0.5) is 0 Å². The van der Waals surface area contributed by atoms with Gasteiger partial charge in [0.05, 0.1) is 7.11 Å². The van der Waals surface area contributed by atoms with E-state index in [0.717, 1.165) is 38.3 Å². The van der Waals surface area contributed by atoms with Crippen molar-refractivity contribution in [1.82, 2.24) is 10.2 Å². The number of nitrogens with one attached hydrogen (secondary N) is 1. The standard InChI is InChI=1S/C14H22N2O2.ClH/c1-18-14-5-3-2-4-12(14)13(6-11-17)16-9-7-15-8-10-16;/h2-5,13,15,17H,6-11H2,1H3;1H/t13-;/m0./s1. The van der Waals surface area contributed by atoms with E-state index in [1.807, 2.05) is 18.2 Å². The Kier molecular flexibility index (Phi) is 7.16. The first-order valence-corrected chi connectivity index (χ1v) is 6.55. The number of nitrogens with zero attached hydrogens (tertiary/aromatic N) is 1. The van der Waals surface area contributed by atoms with Crippen LogP contribution < -0.4 is 10.1 Å². The molecule has 2 N–H and O–H groups in total. The predicted molar refractivity (Wildman–Crippen MR) is 79.1 cm³/mol. The van der Waals surface area contributed by atoms with Crippen LogP contribution in [0.1, 0.15) is 18.0 Å². The van der Waals surface area contributed by atoms with Crippen LogP contribution in [0.2, 0.25) is 0 Å². The second-order valence-electron chi connectivity index (χ2n) is 4.56. The zero-order valence-electron chi connectivity index (χ0n) is 11.3. The van der Waals surface area contributed by atoms with Gasteiger partial charge in [0.15, 0.2) is 0 Å². The molecule has 1 atom stereocenters. The molecule has 0 bridgehead atoms. The molecule has 1 fully saturated rings. The number of rotatable bonds is 5. The van der Waals surface area contributed by atoms with E-state index in [4.69, 9.17) is 4.74 Å². The monoisotopic (exact) mass is 286 g/mol. The number of para-hydroxylation sites is 1. The molecule has 1 aliphatic heterocycles. The summed E-state index contributed by atoms with van der Waals surface area (Å²) >= 11 is 0. The van der Waals surface area contributed by atoms with E-state index < -0.39 is 0 Å². The lowest BCUT2D eigenvalue weighted by molar-refractivity contribution is 0.139. The molecule has 0 radical (unpaired) electrons. The molecule has 1 aromatic carbocycles. The van der Waals surface area contributed by atoms with Crippen LogP contribution in [0.3, 0.4) is 0 Å². The molecule has 0 aliphatic carbocycles. The van der Waals surface area contributed by atoms with Crippen LogP contribution in [0.15, 0.2) is 24.3 Å². The Morgan fingerprint density at radius 2 is 2.00 bits per heavy atom. The Morgan fingerprint density at radius 1 is 1.32 bits per heavy atom.